The van der Waals surface area contributed by atoms with E-state index in [1.165, 1.54) is 14.2 Å². The second-order valence-electron chi connectivity index (χ2n) is 21.3. The second kappa shape index (κ2) is 19.0. The van der Waals surface area contributed by atoms with E-state index in [1.807, 2.05) is 34.6 Å². The molecule has 3 unspecified atom stereocenters. The number of aliphatic hydroxyl groups excluding tert-OH is 1. The van der Waals surface area contributed by atoms with Gasteiger partial charge in [-0.2, -0.15) is 0 Å². The maximum absolute atomic E-state index is 11.9. The average Bonchev–Trinajstić information content (AvgIpc) is 3.94. The van der Waals surface area contributed by atoms with E-state index in [9.17, 15) is 25.2 Å². The second-order valence-corrected chi connectivity index (χ2v) is 21.3. The third-order valence-corrected chi connectivity index (χ3v) is 16.8. The van der Waals surface area contributed by atoms with E-state index in [4.69, 9.17) is 56.8 Å². The van der Waals surface area contributed by atoms with Crippen molar-refractivity contribution in [1.29, 1.82) is 0 Å². The third-order valence-electron chi connectivity index (χ3n) is 16.8. The summed E-state index contributed by atoms with van der Waals surface area (Å²) in [5.41, 5.74) is -1.60. The van der Waals surface area contributed by atoms with Crippen molar-refractivity contribution < 1.29 is 82.1 Å². The molecule has 0 aliphatic carbocycles. The fourth-order valence-corrected chi connectivity index (χ4v) is 12.7. The topological polar surface area (TPSA) is 209 Å². The van der Waals surface area contributed by atoms with E-state index in [0.29, 0.717) is 38.5 Å². The molecular weight excluding hydrogens is 836 g/mol. The smallest absolute Gasteiger partial charge is 0.308 e. The van der Waals surface area contributed by atoms with Crippen molar-refractivity contribution in [3.8, 4) is 0 Å². The number of hydrogen-bond acceptors (Lipinski definition) is 16. The molecule has 0 radical (unpaired) electrons. The van der Waals surface area contributed by atoms with E-state index >= 15 is 0 Å². The van der Waals surface area contributed by atoms with Gasteiger partial charge in [-0.25, -0.2) is 0 Å². The number of carboxylic acids is 1. The molecule has 7 heterocycles. The molecule has 0 amide bonds. The van der Waals surface area contributed by atoms with Crippen LogP contribution in [0.4, 0.5) is 0 Å². The lowest BCUT2D eigenvalue weighted by molar-refractivity contribution is -0.365. The number of rotatable bonds is 13. The summed E-state index contributed by atoms with van der Waals surface area (Å²) in [6.45, 7) is 17.5. The molecule has 24 atom stereocenters. The molecule has 7 saturated heterocycles. The highest BCUT2D eigenvalue weighted by Crippen LogP contribution is 2.55. The molecule has 0 aromatic carbocycles. The van der Waals surface area contributed by atoms with Crippen molar-refractivity contribution in [2.45, 2.75) is 234 Å². The number of methoxy groups -OCH3 is 4. The highest BCUT2D eigenvalue weighted by atomic mass is 16.7. The quantitative estimate of drug-likeness (QED) is 0.203. The van der Waals surface area contributed by atoms with Gasteiger partial charge < -0.3 is 77.3 Å². The predicted octanol–water partition coefficient (Wildman–Crippen LogP) is 4.32. The third kappa shape index (κ3) is 9.46. The number of ether oxygens (including phenoxy) is 12. The van der Waals surface area contributed by atoms with Crippen LogP contribution in [0.5, 0.6) is 0 Å². The van der Waals surface area contributed by atoms with Crippen LogP contribution in [-0.2, 0) is 61.6 Å². The van der Waals surface area contributed by atoms with Crippen molar-refractivity contribution >= 4 is 5.97 Å². The first kappa shape index (κ1) is 50.7. The molecule has 1 spiro atoms. The molecule has 64 heavy (non-hydrogen) atoms. The summed E-state index contributed by atoms with van der Waals surface area (Å²) < 4.78 is 77.6. The van der Waals surface area contributed by atoms with Crippen LogP contribution >= 0.6 is 0 Å². The molecule has 0 aromatic heterocycles. The van der Waals surface area contributed by atoms with Crippen molar-refractivity contribution in [2.24, 2.45) is 29.6 Å². The lowest BCUT2D eigenvalue weighted by atomic mass is 9.75. The van der Waals surface area contributed by atoms with Crippen LogP contribution in [0.25, 0.3) is 0 Å². The first-order chi connectivity index (χ1) is 30.0. The largest absolute Gasteiger partial charge is 0.481 e. The summed E-state index contributed by atoms with van der Waals surface area (Å²) in [6.07, 6.45) is -3.18. The lowest BCUT2D eigenvalue weighted by Crippen LogP contribution is -2.65. The number of aliphatic carboxylic acids is 1. The Morgan fingerprint density at radius 1 is 0.766 bits per heavy atom. The molecule has 0 saturated carbocycles. The molecular formula is C47H80O17. The molecule has 17 nitrogen and oxygen atoms in total. The zero-order valence-corrected chi connectivity index (χ0v) is 40.4. The van der Waals surface area contributed by atoms with Gasteiger partial charge in [0.2, 0.25) is 0 Å². The Bertz CT molecular complexity index is 1600. The highest BCUT2D eigenvalue weighted by Gasteiger charge is 2.64. The zero-order chi connectivity index (χ0) is 46.9. The number of hydrogen-bond donors (Lipinski definition) is 4. The van der Waals surface area contributed by atoms with Gasteiger partial charge in [-0.3, -0.25) is 4.79 Å². The van der Waals surface area contributed by atoms with Gasteiger partial charge in [0.15, 0.2) is 23.7 Å². The van der Waals surface area contributed by atoms with Gasteiger partial charge in [0.05, 0.1) is 78.7 Å². The summed E-state index contributed by atoms with van der Waals surface area (Å²) in [7, 11) is 6.37. The molecule has 17 heteroatoms. The Hall–Kier alpha value is -1.13. The maximum atomic E-state index is 11.9. The molecule has 7 aliphatic heterocycles. The van der Waals surface area contributed by atoms with Crippen molar-refractivity contribution in [2.75, 3.05) is 28.4 Å². The Labute approximate surface area is 379 Å². The van der Waals surface area contributed by atoms with E-state index in [0.717, 1.165) is 6.42 Å². The van der Waals surface area contributed by atoms with Crippen molar-refractivity contribution in [3.05, 3.63) is 0 Å². The van der Waals surface area contributed by atoms with Gasteiger partial charge in [0, 0.05) is 77.8 Å². The van der Waals surface area contributed by atoms with Crippen LogP contribution in [-0.4, -0.2) is 169 Å². The van der Waals surface area contributed by atoms with Crippen LogP contribution in [0.15, 0.2) is 0 Å². The summed E-state index contributed by atoms with van der Waals surface area (Å²) >= 11 is 0. The highest BCUT2D eigenvalue weighted by molar-refractivity contribution is 5.68. The molecule has 370 valence electrons. The minimum atomic E-state index is -2.03. The van der Waals surface area contributed by atoms with Crippen LogP contribution in [0.2, 0.25) is 0 Å². The summed E-state index contributed by atoms with van der Waals surface area (Å²) in [5.74, 6) is -7.18. The molecule has 7 fully saturated rings. The minimum absolute atomic E-state index is 0.0406. The minimum Gasteiger partial charge on any atom is -0.481 e. The van der Waals surface area contributed by atoms with Crippen LogP contribution in [0.3, 0.4) is 0 Å². The van der Waals surface area contributed by atoms with Gasteiger partial charge in [0.1, 0.15) is 18.3 Å². The number of carboxylic acid groups (broad SMARTS) is 1. The van der Waals surface area contributed by atoms with Crippen molar-refractivity contribution in [3.63, 3.8) is 0 Å². The van der Waals surface area contributed by atoms with Crippen LogP contribution < -0.4 is 0 Å². The maximum Gasteiger partial charge on any atom is 0.308 e. The van der Waals surface area contributed by atoms with E-state index in [-0.39, 0.29) is 60.8 Å². The van der Waals surface area contributed by atoms with Crippen LogP contribution in [0, 0.1) is 29.6 Å². The van der Waals surface area contributed by atoms with Gasteiger partial charge in [-0.1, -0.05) is 34.6 Å². The fourth-order valence-electron chi connectivity index (χ4n) is 12.7. The summed E-state index contributed by atoms with van der Waals surface area (Å²) in [4.78, 5) is 11.9. The number of aliphatic hydroxyl groups is 3. The summed E-state index contributed by atoms with van der Waals surface area (Å²) in [5, 5.41) is 44.3. The SMILES string of the molecule is CO[C@H]1[C@@H](OC)[C@H](C)[C@@](O)(CC(=O)O)O[C@H]1[C@H](C)[C@H]1O[C@@]2(CC[C@@](C)(C3CC[C@@](C)(C4O[C@@H](C5O[C@](C)(O)[C@H](C)C[C@H]5C)C[C@@H]4O[C@@H]4C[C@H](OC)[C@H](OC)[C@H](C)O4)O3)O2)C[C@H](O)[C@H]1C. The van der Waals surface area contributed by atoms with Gasteiger partial charge >= 0.3 is 5.97 Å². The molecule has 7 rings (SSSR count). The van der Waals surface area contributed by atoms with Gasteiger partial charge in [0.25, 0.3) is 0 Å². The zero-order valence-electron chi connectivity index (χ0n) is 40.4. The Morgan fingerprint density at radius 2 is 1.45 bits per heavy atom. The Morgan fingerprint density at radius 3 is 2.09 bits per heavy atom. The predicted molar refractivity (Wildman–Crippen MR) is 228 cm³/mol. The van der Waals surface area contributed by atoms with Crippen molar-refractivity contribution in [1.82, 2.24) is 0 Å². The molecule has 0 aromatic rings. The normalized spacial score (nSPS) is 54.1. The van der Waals surface area contributed by atoms with Gasteiger partial charge in [-0.15, -0.1) is 0 Å². The Balaban J connectivity index is 1.09. The van der Waals surface area contributed by atoms with E-state index in [2.05, 4.69) is 13.8 Å². The number of carbonyl (C=O) groups is 1. The standard InChI is InChI=1S/C47H80O17/c1-23-18-24(2)45(9,51)61-36(23)31-19-32(58-35-20-30(53-10)40(55-12)28(6)57-35)42(59-31)44(8)15-14-33(60-44)43(7)16-17-46(64-43)21-29(48)25(3)37(62-46)26(4)38-41(56-13)39(54-11)27(5)47(52,63-38)22-34(49)50/h23-33,35-42,48,51-52H,14-22H2,1-13H3,(H,49,50)/t23-,24-,25-,26-,27+,28+,29+,30+,31-,32+,33?,35-,36?,37+,38+,39+,40-,41-,42?,43+,44+,45+,46-,47-/m1/s1. The van der Waals surface area contributed by atoms with Crippen LogP contribution in [0.1, 0.15) is 120 Å². The van der Waals surface area contributed by atoms with E-state index < -0.39 is 102 Å². The van der Waals surface area contributed by atoms with E-state index in [1.54, 1.807) is 28.1 Å². The first-order valence-electron chi connectivity index (χ1n) is 23.8. The van der Waals surface area contributed by atoms with Gasteiger partial charge in [-0.05, 0) is 59.3 Å². The molecule has 0 bridgehead atoms. The summed E-state index contributed by atoms with van der Waals surface area (Å²) in [6, 6.07) is 0. The monoisotopic (exact) mass is 917 g/mol. The Kier molecular flexibility index (Phi) is 15.1. The molecule has 4 N–H and O–H groups in total. The first-order valence-corrected chi connectivity index (χ1v) is 23.8. The average molecular weight is 917 g/mol. The fraction of sp³-hybridized carbons (Fsp3) is 0.979. The molecule has 7 aliphatic rings. The lowest BCUT2D eigenvalue weighted by Gasteiger charge is -2.53.